The molecule has 108 valence electrons. The lowest BCUT2D eigenvalue weighted by molar-refractivity contribution is 0.642. The molecule has 1 aromatic heterocycles. The van der Waals surface area contributed by atoms with Crippen molar-refractivity contribution in [3.05, 3.63) is 64.8 Å². The van der Waals surface area contributed by atoms with Gasteiger partial charge in [-0.15, -0.1) is 0 Å². The van der Waals surface area contributed by atoms with Crippen molar-refractivity contribution in [3.63, 3.8) is 0 Å². The van der Waals surface area contributed by atoms with E-state index in [1.54, 1.807) is 0 Å². The Morgan fingerprint density at radius 2 is 1.95 bits per heavy atom. The van der Waals surface area contributed by atoms with E-state index in [9.17, 15) is 0 Å². The Hall–Kier alpha value is -1.84. The molecule has 2 N–H and O–H groups in total. The average molecular weight is 300 g/mol. The lowest BCUT2D eigenvalue weighted by Crippen LogP contribution is -2.25. The molecule has 1 heterocycles. The second kappa shape index (κ2) is 5.88. The third kappa shape index (κ3) is 3.09. The molecule has 4 heteroatoms. The zero-order chi connectivity index (χ0) is 14.8. The van der Waals surface area contributed by atoms with Gasteiger partial charge in [0.2, 0.25) is 0 Å². The van der Waals surface area contributed by atoms with Crippen LogP contribution in [0.2, 0.25) is 5.02 Å². The van der Waals surface area contributed by atoms with E-state index in [1.165, 1.54) is 5.39 Å². The quantitative estimate of drug-likeness (QED) is 0.803. The van der Waals surface area contributed by atoms with Crippen LogP contribution in [0.5, 0.6) is 0 Å². The van der Waals surface area contributed by atoms with E-state index >= 15 is 0 Å². The predicted octanol–water partition coefficient (Wildman–Crippen LogP) is 3.34. The summed E-state index contributed by atoms with van der Waals surface area (Å²) in [5.74, 6) is 0. The smallest absolute Gasteiger partial charge is 0.0718 e. The SMILES string of the molecule is Cn1nc(CC(N)Cc2cccc(Cl)c2)c2ccccc21. The molecule has 21 heavy (non-hydrogen) atoms. The molecule has 0 radical (unpaired) electrons. The van der Waals surface area contributed by atoms with Gasteiger partial charge >= 0.3 is 0 Å². The number of aryl methyl sites for hydroxylation is 1. The standard InChI is InChI=1S/C17H18ClN3/c1-21-17-8-3-2-7-15(17)16(20-21)11-14(19)10-12-5-4-6-13(18)9-12/h2-9,14H,10-11,19H2,1H3. The predicted molar refractivity (Wildman–Crippen MR) is 87.5 cm³/mol. The highest BCUT2D eigenvalue weighted by molar-refractivity contribution is 6.30. The molecule has 3 aromatic rings. The molecule has 0 aliphatic heterocycles. The summed E-state index contributed by atoms with van der Waals surface area (Å²) in [6.07, 6.45) is 1.55. The van der Waals surface area contributed by atoms with E-state index in [-0.39, 0.29) is 6.04 Å². The van der Waals surface area contributed by atoms with Gasteiger partial charge in [-0.2, -0.15) is 5.10 Å². The number of halogens is 1. The summed E-state index contributed by atoms with van der Waals surface area (Å²) in [6, 6.07) is 16.1. The van der Waals surface area contributed by atoms with Crippen molar-refractivity contribution in [3.8, 4) is 0 Å². The van der Waals surface area contributed by atoms with E-state index in [4.69, 9.17) is 17.3 Å². The van der Waals surface area contributed by atoms with Crippen molar-refractivity contribution in [2.24, 2.45) is 12.8 Å². The second-order valence-corrected chi connectivity index (χ2v) is 5.82. The maximum Gasteiger partial charge on any atom is 0.0718 e. The van der Waals surface area contributed by atoms with Gasteiger partial charge < -0.3 is 5.73 Å². The van der Waals surface area contributed by atoms with E-state index in [1.807, 2.05) is 42.1 Å². The van der Waals surface area contributed by atoms with Gasteiger partial charge in [0.1, 0.15) is 0 Å². The fourth-order valence-electron chi connectivity index (χ4n) is 2.73. The molecule has 0 spiro atoms. The molecule has 0 bridgehead atoms. The van der Waals surface area contributed by atoms with Gasteiger partial charge in [0.05, 0.1) is 11.2 Å². The Bertz CT molecular complexity index is 764. The number of nitrogens with two attached hydrogens (primary N) is 1. The van der Waals surface area contributed by atoms with Crippen molar-refractivity contribution < 1.29 is 0 Å². The maximum absolute atomic E-state index is 6.30. The van der Waals surface area contributed by atoms with Crippen LogP contribution in [0.15, 0.2) is 48.5 Å². The molecule has 3 nitrogen and oxygen atoms in total. The normalized spacial score (nSPS) is 12.7. The highest BCUT2D eigenvalue weighted by Gasteiger charge is 2.12. The summed E-state index contributed by atoms with van der Waals surface area (Å²) in [5, 5.41) is 6.53. The Labute approximate surface area is 129 Å². The molecule has 0 aliphatic rings. The Balaban J connectivity index is 1.79. The summed E-state index contributed by atoms with van der Waals surface area (Å²) < 4.78 is 1.91. The van der Waals surface area contributed by atoms with Crippen LogP contribution in [0.1, 0.15) is 11.3 Å². The average Bonchev–Trinajstić information content (AvgIpc) is 2.76. The number of hydrogen-bond donors (Lipinski definition) is 1. The Morgan fingerprint density at radius 3 is 2.76 bits per heavy atom. The van der Waals surface area contributed by atoms with Crippen molar-refractivity contribution >= 4 is 22.5 Å². The third-order valence-corrected chi connectivity index (χ3v) is 3.91. The van der Waals surface area contributed by atoms with E-state index in [0.29, 0.717) is 0 Å². The van der Waals surface area contributed by atoms with Crippen molar-refractivity contribution in [2.75, 3.05) is 0 Å². The topological polar surface area (TPSA) is 43.8 Å². The molecule has 0 fully saturated rings. The van der Waals surface area contributed by atoms with Gasteiger partial charge in [0.15, 0.2) is 0 Å². The minimum absolute atomic E-state index is 0.0294. The molecular weight excluding hydrogens is 282 g/mol. The van der Waals surface area contributed by atoms with Crippen LogP contribution in [0.4, 0.5) is 0 Å². The zero-order valence-corrected chi connectivity index (χ0v) is 12.7. The number of rotatable bonds is 4. The van der Waals surface area contributed by atoms with Crippen LogP contribution in [0, 0.1) is 0 Å². The lowest BCUT2D eigenvalue weighted by atomic mass is 10.0. The summed E-state index contributed by atoms with van der Waals surface area (Å²) in [7, 11) is 1.97. The first-order valence-electron chi connectivity index (χ1n) is 7.04. The molecule has 1 atom stereocenters. The van der Waals surface area contributed by atoms with Gasteiger partial charge in [-0.1, -0.05) is 41.9 Å². The highest BCUT2D eigenvalue weighted by Crippen LogP contribution is 2.19. The van der Waals surface area contributed by atoms with Crippen molar-refractivity contribution in [1.82, 2.24) is 9.78 Å². The fourth-order valence-corrected chi connectivity index (χ4v) is 2.94. The van der Waals surface area contributed by atoms with Gasteiger partial charge in [0, 0.05) is 29.9 Å². The molecular formula is C17H18ClN3. The number of fused-ring (bicyclic) bond motifs is 1. The number of para-hydroxylation sites is 1. The minimum Gasteiger partial charge on any atom is -0.327 e. The van der Waals surface area contributed by atoms with Gasteiger partial charge in [-0.05, 0) is 30.2 Å². The van der Waals surface area contributed by atoms with Crippen LogP contribution in [-0.2, 0) is 19.9 Å². The molecule has 0 aliphatic carbocycles. The molecule has 0 saturated carbocycles. The zero-order valence-electron chi connectivity index (χ0n) is 12.0. The largest absolute Gasteiger partial charge is 0.327 e. The van der Waals surface area contributed by atoms with Crippen molar-refractivity contribution in [1.29, 1.82) is 0 Å². The molecule has 2 aromatic carbocycles. The summed E-state index contributed by atoms with van der Waals surface area (Å²) in [5.41, 5.74) is 9.66. The fraction of sp³-hybridized carbons (Fsp3) is 0.235. The van der Waals surface area contributed by atoms with Gasteiger partial charge in [0.25, 0.3) is 0 Å². The van der Waals surface area contributed by atoms with Crippen molar-refractivity contribution in [2.45, 2.75) is 18.9 Å². The highest BCUT2D eigenvalue weighted by atomic mass is 35.5. The van der Waals surface area contributed by atoms with Crippen LogP contribution < -0.4 is 5.73 Å². The van der Waals surface area contributed by atoms with E-state index < -0.39 is 0 Å². The first-order valence-corrected chi connectivity index (χ1v) is 7.42. The van der Waals surface area contributed by atoms with E-state index in [2.05, 4.69) is 23.3 Å². The van der Waals surface area contributed by atoms with Crippen LogP contribution in [0.3, 0.4) is 0 Å². The first-order chi connectivity index (χ1) is 10.1. The molecule has 3 rings (SSSR count). The monoisotopic (exact) mass is 299 g/mol. The first kappa shape index (κ1) is 14.1. The number of nitrogens with zero attached hydrogens (tertiary/aromatic N) is 2. The number of hydrogen-bond acceptors (Lipinski definition) is 2. The summed E-state index contributed by atoms with van der Waals surface area (Å²) >= 11 is 6.01. The van der Waals surface area contributed by atoms with Gasteiger partial charge in [-0.3, -0.25) is 4.68 Å². The number of benzene rings is 2. The van der Waals surface area contributed by atoms with Gasteiger partial charge in [-0.25, -0.2) is 0 Å². The second-order valence-electron chi connectivity index (χ2n) is 5.39. The minimum atomic E-state index is 0.0294. The Morgan fingerprint density at radius 1 is 1.14 bits per heavy atom. The van der Waals surface area contributed by atoms with Crippen LogP contribution in [-0.4, -0.2) is 15.8 Å². The summed E-state index contributed by atoms with van der Waals surface area (Å²) in [4.78, 5) is 0. The molecule has 0 amide bonds. The summed E-state index contributed by atoms with van der Waals surface area (Å²) in [6.45, 7) is 0. The molecule has 1 unspecified atom stereocenters. The Kier molecular flexibility index (Phi) is 3.95. The maximum atomic E-state index is 6.30. The number of aromatic nitrogens is 2. The molecule has 0 saturated heterocycles. The lowest BCUT2D eigenvalue weighted by Gasteiger charge is -2.10. The van der Waals surface area contributed by atoms with E-state index in [0.717, 1.165) is 34.6 Å². The third-order valence-electron chi connectivity index (χ3n) is 3.68. The van der Waals surface area contributed by atoms with Crippen LogP contribution >= 0.6 is 11.6 Å². The van der Waals surface area contributed by atoms with Crippen LogP contribution in [0.25, 0.3) is 10.9 Å².